The number of nitrogens with one attached hydrogen (secondary N) is 1. The largest absolute Gasteiger partial charge is 0.497 e. The molecule has 1 N–H and O–H groups in total. The topological polar surface area (TPSA) is 80.2 Å². The normalized spacial score (nSPS) is 21.8. The standard InChI is InChI=1S/C27H21N3O4S/c1-33-19-6-4-5-18(14-19)21-15-22-20-7-2-3-8-23(20)34-26(30(22)29-21)17-11-9-16(10-12-17)13-24-25(31)28-27(32)35-24/h2-14,22,26H,15H2,1H3,(H,28,31,32)/b24-13-. The summed E-state index contributed by atoms with van der Waals surface area (Å²) in [5.41, 5.74) is 4.90. The smallest absolute Gasteiger partial charge is 0.290 e. The Bertz CT molecular complexity index is 1400. The molecular weight excluding hydrogens is 462 g/mol. The van der Waals surface area contributed by atoms with Gasteiger partial charge in [-0.25, -0.2) is 5.01 Å². The Morgan fingerprint density at radius 2 is 1.91 bits per heavy atom. The van der Waals surface area contributed by atoms with Gasteiger partial charge in [0.25, 0.3) is 11.1 Å². The monoisotopic (exact) mass is 483 g/mol. The predicted octanol–water partition coefficient (Wildman–Crippen LogP) is 5.26. The number of carbonyl (C=O) groups excluding carboxylic acids is 2. The average Bonchev–Trinajstić information content (AvgIpc) is 3.47. The van der Waals surface area contributed by atoms with Crippen LogP contribution in [0, 0.1) is 0 Å². The van der Waals surface area contributed by atoms with Gasteiger partial charge in [-0.3, -0.25) is 14.9 Å². The highest BCUT2D eigenvalue weighted by Crippen LogP contribution is 2.47. The highest BCUT2D eigenvalue weighted by Gasteiger charge is 2.40. The summed E-state index contributed by atoms with van der Waals surface area (Å²) in [4.78, 5) is 23.7. The van der Waals surface area contributed by atoms with E-state index in [1.165, 1.54) is 0 Å². The maximum absolute atomic E-state index is 11.9. The number of hydrogen-bond donors (Lipinski definition) is 1. The minimum atomic E-state index is -0.398. The molecule has 1 fully saturated rings. The van der Waals surface area contributed by atoms with Crippen molar-refractivity contribution in [2.45, 2.75) is 18.7 Å². The van der Waals surface area contributed by atoms with Gasteiger partial charge >= 0.3 is 0 Å². The van der Waals surface area contributed by atoms with Gasteiger partial charge in [0.05, 0.1) is 23.8 Å². The van der Waals surface area contributed by atoms with Crippen molar-refractivity contribution in [3.8, 4) is 11.5 Å². The fraction of sp³-hybridized carbons (Fsp3) is 0.148. The Kier molecular flexibility index (Phi) is 5.30. The molecule has 2 unspecified atom stereocenters. The summed E-state index contributed by atoms with van der Waals surface area (Å²) < 4.78 is 11.8. The lowest BCUT2D eigenvalue weighted by Crippen LogP contribution is -2.33. The molecule has 2 amide bonds. The zero-order valence-electron chi connectivity index (χ0n) is 18.8. The van der Waals surface area contributed by atoms with E-state index < -0.39 is 6.23 Å². The molecule has 8 heteroatoms. The Hall–Kier alpha value is -4.04. The summed E-state index contributed by atoms with van der Waals surface area (Å²) in [7, 11) is 1.66. The van der Waals surface area contributed by atoms with Crippen molar-refractivity contribution in [1.82, 2.24) is 10.3 Å². The minimum Gasteiger partial charge on any atom is -0.497 e. The Labute approximate surface area is 206 Å². The lowest BCUT2D eigenvalue weighted by molar-refractivity contribution is -0.115. The minimum absolute atomic E-state index is 0.0533. The first-order valence-corrected chi connectivity index (χ1v) is 12.0. The van der Waals surface area contributed by atoms with Crippen molar-refractivity contribution in [2.24, 2.45) is 5.10 Å². The van der Waals surface area contributed by atoms with E-state index in [9.17, 15) is 9.59 Å². The molecule has 3 aromatic rings. The van der Waals surface area contributed by atoms with Gasteiger partial charge < -0.3 is 9.47 Å². The summed E-state index contributed by atoms with van der Waals surface area (Å²) in [6.45, 7) is 0. The van der Waals surface area contributed by atoms with Crippen LogP contribution >= 0.6 is 11.8 Å². The van der Waals surface area contributed by atoms with Gasteiger partial charge in [0, 0.05) is 23.1 Å². The summed E-state index contributed by atoms with van der Waals surface area (Å²) in [5.74, 6) is 1.28. The third kappa shape index (κ3) is 3.95. The van der Waals surface area contributed by atoms with E-state index in [-0.39, 0.29) is 17.2 Å². The Balaban J connectivity index is 1.34. The van der Waals surface area contributed by atoms with Crippen LogP contribution in [0.3, 0.4) is 0 Å². The second kappa shape index (κ2) is 8.63. The van der Waals surface area contributed by atoms with E-state index in [4.69, 9.17) is 14.6 Å². The molecule has 3 aromatic carbocycles. The van der Waals surface area contributed by atoms with Gasteiger partial charge in [-0.2, -0.15) is 5.10 Å². The molecule has 3 heterocycles. The van der Waals surface area contributed by atoms with Gasteiger partial charge in [0.2, 0.25) is 6.23 Å². The molecule has 7 nitrogen and oxygen atoms in total. The van der Waals surface area contributed by atoms with E-state index >= 15 is 0 Å². The number of hydrazone groups is 1. The first-order valence-electron chi connectivity index (χ1n) is 11.2. The van der Waals surface area contributed by atoms with E-state index in [1.807, 2.05) is 71.7 Å². The van der Waals surface area contributed by atoms with Crippen LogP contribution in [0.25, 0.3) is 6.08 Å². The van der Waals surface area contributed by atoms with E-state index in [0.717, 1.165) is 57.6 Å². The first-order chi connectivity index (χ1) is 17.1. The molecule has 1 saturated heterocycles. The number of rotatable bonds is 4. The van der Waals surface area contributed by atoms with Crippen LogP contribution in [0.4, 0.5) is 4.79 Å². The second-order valence-electron chi connectivity index (χ2n) is 8.41. The van der Waals surface area contributed by atoms with Gasteiger partial charge in [-0.05, 0) is 41.6 Å². The molecular formula is C27H21N3O4S. The molecule has 0 spiro atoms. The first kappa shape index (κ1) is 21.5. The molecule has 3 aliphatic rings. The molecule has 35 heavy (non-hydrogen) atoms. The van der Waals surface area contributed by atoms with Crippen LogP contribution < -0.4 is 14.8 Å². The molecule has 0 aromatic heterocycles. The van der Waals surface area contributed by atoms with Gasteiger partial charge in [0.1, 0.15) is 11.5 Å². The number of nitrogens with zero attached hydrogens (tertiary/aromatic N) is 2. The van der Waals surface area contributed by atoms with Crippen LogP contribution in [-0.4, -0.2) is 29.0 Å². The molecule has 174 valence electrons. The number of thioether (sulfide) groups is 1. The van der Waals surface area contributed by atoms with Crippen molar-refractivity contribution < 1.29 is 19.1 Å². The van der Waals surface area contributed by atoms with Crippen LogP contribution in [0.5, 0.6) is 11.5 Å². The van der Waals surface area contributed by atoms with Crippen LogP contribution in [0.15, 0.2) is 82.8 Å². The number of methoxy groups -OCH3 is 1. The number of benzene rings is 3. The molecule has 0 aliphatic carbocycles. The number of para-hydroxylation sites is 1. The van der Waals surface area contributed by atoms with Crippen molar-refractivity contribution in [3.63, 3.8) is 0 Å². The maximum atomic E-state index is 11.9. The fourth-order valence-electron chi connectivity index (χ4n) is 4.56. The molecule has 3 aliphatic heterocycles. The summed E-state index contributed by atoms with van der Waals surface area (Å²) >= 11 is 0.908. The van der Waals surface area contributed by atoms with E-state index in [2.05, 4.69) is 11.4 Å². The highest BCUT2D eigenvalue weighted by molar-refractivity contribution is 8.18. The van der Waals surface area contributed by atoms with E-state index in [0.29, 0.717) is 4.91 Å². The zero-order valence-corrected chi connectivity index (χ0v) is 19.6. The average molecular weight is 484 g/mol. The third-order valence-corrected chi connectivity index (χ3v) is 7.07. The second-order valence-corrected chi connectivity index (χ2v) is 9.42. The van der Waals surface area contributed by atoms with Gasteiger partial charge in [-0.1, -0.05) is 54.6 Å². The Morgan fingerprint density at radius 3 is 2.69 bits per heavy atom. The number of fused-ring (bicyclic) bond motifs is 3. The number of hydrogen-bond acceptors (Lipinski definition) is 7. The summed E-state index contributed by atoms with van der Waals surface area (Å²) in [6, 6.07) is 23.9. The summed E-state index contributed by atoms with van der Waals surface area (Å²) in [6.07, 6.45) is 2.07. The van der Waals surface area contributed by atoms with Crippen molar-refractivity contribution in [1.29, 1.82) is 0 Å². The summed E-state index contributed by atoms with van der Waals surface area (Å²) in [5, 5.41) is 8.96. The third-order valence-electron chi connectivity index (χ3n) is 6.26. The molecule has 6 rings (SSSR count). The highest BCUT2D eigenvalue weighted by atomic mass is 32.2. The van der Waals surface area contributed by atoms with Crippen molar-refractivity contribution in [3.05, 3.63) is 100.0 Å². The zero-order chi connectivity index (χ0) is 23.9. The van der Waals surface area contributed by atoms with Crippen LogP contribution in [0.2, 0.25) is 0 Å². The predicted molar refractivity (Wildman–Crippen MR) is 134 cm³/mol. The molecule has 0 radical (unpaired) electrons. The van der Waals surface area contributed by atoms with E-state index in [1.54, 1.807) is 13.2 Å². The lowest BCUT2D eigenvalue weighted by Gasteiger charge is -2.38. The fourth-order valence-corrected chi connectivity index (χ4v) is 5.24. The molecule has 2 atom stereocenters. The van der Waals surface area contributed by atoms with Crippen LogP contribution in [0.1, 0.15) is 40.9 Å². The SMILES string of the molecule is COc1cccc(C2=NN3C(C2)c2ccccc2OC3c2ccc(/C=C3\SC(=O)NC3=O)cc2)c1. The number of ether oxygens (including phenoxy) is 2. The van der Waals surface area contributed by atoms with Crippen LogP contribution in [-0.2, 0) is 4.79 Å². The van der Waals surface area contributed by atoms with Gasteiger partial charge in [-0.15, -0.1) is 0 Å². The number of carbonyl (C=O) groups is 2. The molecule has 0 saturated carbocycles. The van der Waals surface area contributed by atoms with Crippen molar-refractivity contribution >= 4 is 34.7 Å². The maximum Gasteiger partial charge on any atom is 0.290 e. The molecule has 0 bridgehead atoms. The van der Waals surface area contributed by atoms with Crippen molar-refractivity contribution in [2.75, 3.05) is 7.11 Å². The number of imide groups is 1. The quantitative estimate of drug-likeness (QED) is 0.510. The lowest BCUT2D eigenvalue weighted by atomic mass is 9.95. The van der Waals surface area contributed by atoms with Gasteiger partial charge in [0.15, 0.2) is 0 Å². The Morgan fingerprint density at radius 1 is 1.09 bits per heavy atom. The number of amides is 2.